The van der Waals surface area contributed by atoms with Gasteiger partial charge in [-0.05, 0) is 30.9 Å². The van der Waals surface area contributed by atoms with Crippen LogP contribution in [0.2, 0.25) is 0 Å². The van der Waals surface area contributed by atoms with Gasteiger partial charge >= 0.3 is 5.97 Å². The van der Waals surface area contributed by atoms with Gasteiger partial charge in [0.15, 0.2) is 0 Å². The number of carbonyl (C=O) groups is 1. The zero-order chi connectivity index (χ0) is 14.5. The molecule has 0 radical (unpaired) electrons. The Kier molecular flexibility index (Phi) is 4.52. The van der Waals surface area contributed by atoms with Crippen molar-refractivity contribution in [3.05, 3.63) is 33.9 Å². The second-order valence-electron chi connectivity index (χ2n) is 4.73. The standard InChI is InChI=1S/C13H16N2O5/c16-13(17)11-7-10(1-2-12(11)15(18)19)14-8-9-3-5-20-6-4-9/h1-2,7,9,14H,3-6,8H2,(H,16,17). The Labute approximate surface area is 115 Å². The van der Waals surface area contributed by atoms with E-state index in [1.165, 1.54) is 18.2 Å². The van der Waals surface area contributed by atoms with E-state index in [0.29, 0.717) is 18.2 Å². The topological polar surface area (TPSA) is 102 Å². The van der Waals surface area contributed by atoms with Crippen molar-refractivity contribution in [3.8, 4) is 0 Å². The fourth-order valence-electron chi connectivity index (χ4n) is 2.19. The van der Waals surface area contributed by atoms with Crippen LogP contribution in [-0.2, 0) is 4.74 Å². The normalized spacial score (nSPS) is 15.8. The Balaban J connectivity index is 2.06. The summed E-state index contributed by atoms with van der Waals surface area (Å²) in [6.45, 7) is 2.19. The minimum absolute atomic E-state index is 0.299. The van der Waals surface area contributed by atoms with Crippen LogP contribution >= 0.6 is 0 Å². The molecule has 1 saturated heterocycles. The van der Waals surface area contributed by atoms with E-state index in [4.69, 9.17) is 9.84 Å². The number of carboxylic acid groups (broad SMARTS) is 1. The molecule has 0 spiro atoms. The van der Waals surface area contributed by atoms with Crippen LogP contribution in [0.1, 0.15) is 23.2 Å². The highest BCUT2D eigenvalue weighted by Gasteiger charge is 2.20. The van der Waals surface area contributed by atoms with Gasteiger partial charge in [0.2, 0.25) is 0 Å². The van der Waals surface area contributed by atoms with Crippen molar-refractivity contribution >= 4 is 17.3 Å². The summed E-state index contributed by atoms with van der Waals surface area (Å²) in [6.07, 6.45) is 1.93. The van der Waals surface area contributed by atoms with E-state index in [-0.39, 0.29) is 5.56 Å². The Morgan fingerprint density at radius 3 is 2.75 bits per heavy atom. The predicted octanol–water partition coefficient (Wildman–Crippen LogP) is 2.13. The lowest BCUT2D eigenvalue weighted by Gasteiger charge is -2.22. The van der Waals surface area contributed by atoms with Gasteiger partial charge in [0.25, 0.3) is 5.69 Å². The van der Waals surface area contributed by atoms with Crippen LogP contribution in [0.5, 0.6) is 0 Å². The highest BCUT2D eigenvalue weighted by atomic mass is 16.6. The van der Waals surface area contributed by atoms with Gasteiger partial charge < -0.3 is 15.2 Å². The van der Waals surface area contributed by atoms with Crippen molar-refractivity contribution in [1.82, 2.24) is 0 Å². The maximum atomic E-state index is 11.0. The fraction of sp³-hybridized carbons (Fsp3) is 0.462. The number of carboxylic acids is 1. The monoisotopic (exact) mass is 280 g/mol. The number of hydrogen-bond donors (Lipinski definition) is 2. The summed E-state index contributed by atoms with van der Waals surface area (Å²) >= 11 is 0. The van der Waals surface area contributed by atoms with Crippen LogP contribution in [0.15, 0.2) is 18.2 Å². The zero-order valence-corrected chi connectivity index (χ0v) is 10.9. The van der Waals surface area contributed by atoms with Crippen molar-refractivity contribution in [2.24, 2.45) is 5.92 Å². The van der Waals surface area contributed by atoms with Gasteiger partial charge in [-0.15, -0.1) is 0 Å². The number of hydrogen-bond acceptors (Lipinski definition) is 5. The molecule has 7 heteroatoms. The van der Waals surface area contributed by atoms with Crippen LogP contribution in [0.25, 0.3) is 0 Å². The molecule has 108 valence electrons. The summed E-state index contributed by atoms with van der Waals surface area (Å²) in [6, 6.07) is 4.06. The van der Waals surface area contributed by atoms with E-state index in [0.717, 1.165) is 26.1 Å². The summed E-state index contributed by atoms with van der Waals surface area (Å²) in [5, 5.41) is 22.9. The molecule has 2 rings (SSSR count). The number of nitrogens with one attached hydrogen (secondary N) is 1. The van der Waals surface area contributed by atoms with Crippen LogP contribution in [0, 0.1) is 16.0 Å². The van der Waals surface area contributed by atoms with Gasteiger partial charge in [-0.2, -0.15) is 0 Å². The number of ether oxygens (including phenoxy) is 1. The minimum atomic E-state index is -1.30. The summed E-state index contributed by atoms with van der Waals surface area (Å²) in [5.41, 5.74) is -0.111. The lowest BCUT2D eigenvalue weighted by atomic mass is 10.0. The maximum Gasteiger partial charge on any atom is 0.342 e. The van der Waals surface area contributed by atoms with E-state index in [1.54, 1.807) is 0 Å². The van der Waals surface area contributed by atoms with Crippen LogP contribution in [-0.4, -0.2) is 35.8 Å². The van der Waals surface area contributed by atoms with Crippen LogP contribution in [0.3, 0.4) is 0 Å². The van der Waals surface area contributed by atoms with Crippen molar-refractivity contribution in [3.63, 3.8) is 0 Å². The Morgan fingerprint density at radius 2 is 2.15 bits per heavy atom. The summed E-state index contributed by atoms with van der Waals surface area (Å²) in [4.78, 5) is 21.1. The maximum absolute atomic E-state index is 11.0. The third kappa shape index (κ3) is 3.45. The second kappa shape index (κ2) is 6.33. The first-order valence-electron chi connectivity index (χ1n) is 6.41. The van der Waals surface area contributed by atoms with Gasteiger partial charge in [-0.1, -0.05) is 0 Å². The van der Waals surface area contributed by atoms with Crippen molar-refractivity contribution in [1.29, 1.82) is 0 Å². The first-order chi connectivity index (χ1) is 9.58. The fourth-order valence-corrected chi connectivity index (χ4v) is 2.19. The van der Waals surface area contributed by atoms with E-state index in [2.05, 4.69) is 5.32 Å². The highest BCUT2D eigenvalue weighted by Crippen LogP contribution is 2.23. The van der Waals surface area contributed by atoms with Crippen molar-refractivity contribution in [2.45, 2.75) is 12.8 Å². The van der Waals surface area contributed by atoms with E-state index >= 15 is 0 Å². The molecule has 0 aromatic heterocycles. The minimum Gasteiger partial charge on any atom is -0.477 e. The number of benzene rings is 1. The third-order valence-corrected chi connectivity index (χ3v) is 3.36. The zero-order valence-electron chi connectivity index (χ0n) is 10.9. The SMILES string of the molecule is O=C(O)c1cc(NCC2CCOCC2)ccc1[N+](=O)[O-]. The molecule has 1 fully saturated rings. The Morgan fingerprint density at radius 1 is 1.45 bits per heavy atom. The lowest BCUT2D eigenvalue weighted by molar-refractivity contribution is -0.385. The third-order valence-electron chi connectivity index (χ3n) is 3.36. The molecule has 0 aliphatic carbocycles. The number of rotatable bonds is 5. The molecule has 1 heterocycles. The molecule has 0 bridgehead atoms. The molecule has 20 heavy (non-hydrogen) atoms. The lowest BCUT2D eigenvalue weighted by Crippen LogP contribution is -2.22. The Bertz CT molecular complexity index is 511. The highest BCUT2D eigenvalue weighted by molar-refractivity contribution is 5.93. The molecular formula is C13H16N2O5. The van der Waals surface area contributed by atoms with Crippen molar-refractivity contribution in [2.75, 3.05) is 25.1 Å². The molecule has 1 aromatic rings. The van der Waals surface area contributed by atoms with E-state index in [9.17, 15) is 14.9 Å². The number of nitrogens with zero attached hydrogens (tertiary/aromatic N) is 1. The smallest absolute Gasteiger partial charge is 0.342 e. The van der Waals surface area contributed by atoms with Crippen molar-refractivity contribution < 1.29 is 19.6 Å². The van der Waals surface area contributed by atoms with Crippen LogP contribution in [0.4, 0.5) is 11.4 Å². The molecule has 0 atom stereocenters. The van der Waals surface area contributed by atoms with Gasteiger partial charge in [0, 0.05) is 31.5 Å². The molecular weight excluding hydrogens is 264 g/mol. The first kappa shape index (κ1) is 14.3. The first-order valence-corrected chi connectivity index (χ1v) is 6.41. The molecule has 2 N–H and O–H groups in total. The molecule has 1 aliphatic heterocycles. The van der Waals surface area contributed by atoms with E-state index in [1.807, 2.05) is 0 Å². The predicted molar refractivity (Wildman–Crippen MR) is 72.1 cm³/mol. The molecule has 1 aliphatic rings. The van der Waals surface area contributed by atoms with Gasteiger partial charge in [0.1, 0.15) is 5.56 Å². The molecule has 1 aromatic carbocycles. The number of nitro groups is 1. The van der Waals surface area contributed by atoms with Gasteiger partial charge in [-0.25, -0.2) is 4.79 Å². The number of anilines is 1. The van der Waals surface area contributed by atoms with Gasteiger partial charge in [-0.3, -0.25) is 10.1 Å². The molecule has 7 nitrogen and oxygen atoms in total. The van der Waals surface area contributed by atoms with Crippen LogP contribution < -0.4 is 5.32 Å². The molecule has 0 amide bonds. The van der Waals surface area contributed by atoms with Gasteiger partial charge in [0.05, 0.1) is 4.92 Å². The average molecular weight is 280 g/mol. The summed E-state index contributed by atoms with van der Waals surface area (Å²) in [5.74, 6) is -0.821. The number of nitro benzene ring substituents is 1. The Hall–Kier alpha value is -2.15. The quantitative estimate of drug-likeness (QED) is 0.632. The molecule has 0 unspecified atom stereocenters. The molecule has 0 saturated carbocycles. The number of aromatic carboxylic acids is 1. The second-order valence-corrected chi connectivity index (χ2v) is 4.73. The average Bonchev–Trinajstić information content (AvgIpc) is 2.45. The largest absolute Gasteiger partial charge is 0.477 e. The van der Waals surface area contributed by atoms with E-state index < -0.39 is 16.6 Å². The summed E-state index contributed by atoms with van der Waals surface area (Å²) < 4.78 is 5.26. The summed E-state index contributed by atoms with van der Waals surface area (Å²) in [7, 11) is 0.